The third-order valence-corrected chi connectivity index (χ3v) is 5.55. The zero-order chi connectivity index (χ0) is 15.0. The number of amides is 1. The topological polar surface area (TPSA) is 23.6 Å². The Kier molecular flexibility index (Phi) is 3.78. The molecule has 114 valence electrons. The van der Waals surface area contributed by atoms with Crippen LogP contribution in [0.4, 0.5) is 0 Å². The summed E-state index contributed by atoms with van der Waals surface area (Å²) in [6.45, 7) is 9.27. The molecule has 0 aromatic heterocycles. The second-order valence-corrected chi connectivity index (χ2v) is 6.84. The van der Waals surface area contributed by atoms with E-state index in [0.29, 0.717) is 12.1 Å². The highest BCUT2D eigenvalue weighted by atomic mass is 16.2. The molecule has 1 aromatic carbocycles. The van der Waals surface area contributed by atoms with E-state index in [1.54, 1.807) is 6.92 Å². The van der Waals surface area contributed by atoms with Crippen molar-refractivity contribution in [3.8, 4) is 0 Å². The van der Waals surface area contributed by atoms with Gasteiger partial charge in [0.1, 0.15) is 0 Å². The summed E-state index contributed by atoms with van der Waals surface area (Å²) in [6.07, 6.45) is 2.26. The minimum Gasteiger partial charge on any atom is -0.338 e. The lowest BCUT2D eigenvalue weighted by Crippen LogP contribution is -2.57. The molecular weight excluding hydrogens is 260 g/mol. The van der Waals surface area contributed by atoms with E-state index < -0.39 is 0 Å². The number of likely N-dealkylation sites (tertiary alicyclic amines) is 2. The van der Waals surface area contributed by atoms with Crippen molar-refractivity contribution in [2.75, 3.05) is 19.6 Å². The first-order valence-electron chi connectivity index (χ1n) is 8.11. The van der Waals surface area contributed by atoms with Gasteiger partial charge in [0.15, 0.2) is 0 Å². The Labute approximate surface area is 127 Å². The van der Waals surface area contributed by atoms with Gasteiger partial charge in [0.2, 0.25) is 5.91 Å². The average molecular weight is 286 g/mol. The van der Waals surface area contributed by atoms with Crippen LogP contribution in [-0.4, -0.2) is 47.4 Å². The molecule has 0 bridgehead atoms. The van der Waals surface area contributed by atoms with Crippen LogP contribution in [0.5, 0.6) is 0 Å². The summed E-state index contributed by atoms with van der Waals surface area (Å²) in [7, 11) is 0. The molecule has 0 aliphatic carbocycles. The van der Waals surface area contributed by atoms with Crippen molar-refractivity contribution in [1.29, 1.82) is 0 Å². The van der Waals surface area contributed by atoms with E-state index in [0.717, 1.165) is 32.5 Å². The molecule has 2 aliphatic heterocycles. The summed E-state index contributed by atoms with van der Waals surface area (Å²) < 4.78 is 0. The smallest absolute Gasteiger partial charge is 0.219 e. The number of hydrogen-bond donors (Lipinski definition) is 0. The number of benzene rings is 1. The summed E-state index contributed by atoms with van der Waals surface area (Å²) >= 11 is 0. The van der Waals surface area contributed by atoms with E-state index in [9.17, 15) is 4.79 Å². The maximum Gasteiger partial charge on any atom is 0.219 e. The van der Waals surface area contributed by atoms with Crippen LogP contribution < -0.4 is 0 Å². The molecule has 2 atom stereocenters. The number of fused-ring (bicyclic) bond motifs is 1. The van der Waals surface area contributed by atoms with Gasteiger partial charge < -0.3 is 4.90 Å². The second kappa shape index (κ2) is 5.45. The summed E-state index contributed by atoms with van der Waals surface area (Å²) in [5, 5.41) is 0. The van der Waals surface area contributed by atoms with Crippen molar-refractivity contribution < 1.29 is 4.79 Å². The highest BCUT2D eigenvalue weighted by molar-refractivity contribution is 5.74. The number of piperidine rings is 1. The first-order valence-corrected chi connectivity index (χ1v) is 8.11. The fraction of sp³-hybridized carbons (Fsp3) is 0.611. The quantitative estimate of drug-likeness (QED) is 0.834. The molecule has 3 rings (SSSR count). The van der Waals surface area contributed by atoms with Gasteiger partial charge in [0.05, 0.1) is 6.04 Å². The summed E-state index contributed by atoms with van der Waals surface area (Å²) in [5.41, 5.74) is 1.58. The minimum atomic E-state index is 0.165. The Bertz CT molecular complexity index is 513. The Hall–Kier alpha value is -1.35. The van der Waals surface area contributed by atoms with E-state index in [4.69, 9.17) is 0 Å². The summed E-state index contributed by atoms with van der Waals surface area (Å²) in [6, 6.07) is 11.7. The van der Waals surface area contributed by atoms with Crippen LogP contribution in [0.2, 0.25) is 0 Å². The number of rotatable bonds is 2. The van der Waals surface area contributed by atoms with Gasteiger partial charge in [-0.3, -0.25) is 9.69 Å². The molecule has 1 amide bonds. The highest BCUT2D eigenvalue weighted by Crippen LogP contribution is 2.46. The van der Waals surface area contributed by atoms with E-state index in [1.807, 2.05) is 0 Å². The van der Waals surface area contributed by atoms with Crippen molar-refractivity contribution in [2.45, 2.75) is 51.1 Å². The van der Waals surface area contributed by atoms with Gasteiger partial charge in [-0.25, -0.2) is 0 Å². The van der Waals surface area contributed by atoms with Crippen LogP contribution in [-0.2, 0) is 10.2 Å². The lowest BCUT2D eigenvalue weighted by Gasteiger charge is -2.47. The molecule has 2 aliphatic rings. The largest absolute Gasteiger partial charge is 0.338 e. The Morgan fingerprint density at radius 1 is 1.19 bits per heavy atom. The lowest BCUT2D eigenvalue weighted by atomic mass is 9.69. The first-order chi connectivity index (χ1) is 10.0. The van der Waals surface area contributed by atoms with Crippen LogP contribution in [0.25, 0.3) is 0 Å². The maximum absolute atomic E-state index is 12.1. The zero-order valence-electron chi connectivity index (χ0n) is 13.4. The minimum absolute atomic E-state index is 0.165. The van der Waals surface area contributed by atoms with Crippen LogP contribution in [0.1, 0.15) is 39.2 Å². The van der Waals surface area contributed by atoms with Crippen molar-refractivity contribution in [1.82, 2.24) is 9.80 Å². The third-order valence-electron chi connectivity index (χ3n) is 5.55. The number of carbonyl (C=O) groups is 1. The number of nitrogens with zero attached hydrogens (tertiary/aromatic N) is 2. The number of hydrogen-bond acceptors (Lipinski definition) is 2. The Morgan fingerprint density at radius 3 is 2.48 bits per heavy atom. The van der Waals surface area contributed by atoms with Crippen LogP contribution >= 0.6 is 0 Å². The molecule has 0 unspecified atom stereocenters. The highest BCUT2D eigenvalue weighted by Gasteiger charge is 2.52. The number of carbonyl (C=O) groups excluding carboxylic acids is 1. The average Bonchev–Trinajstić information content (AvgIpc) is 2.88. The molecule has 2 heterocycles. The molecule has 0 radical (unpaired) electrons. The molecule has 1 aromatic rings. The first kappa shape index (κ1) is 14.6. The summed E-state index contributed by atoms with van der Waals surface area (Å²) in [4.78, 5) is 16.7. The maximum atomic E-state index is 12.1. The lowest BCUT2D eigenvalue weighted by molar-refractivity contribution is -0.131. The normalized spacial score (nSPS) is 29.7. The Balaban J connectivity index is 1.97. The van der Waals surface area contributed by atoms with Crippen molar-refractivity contribution >= 4 is 5.91 Å². The van der Waals surface area contributed by atoms with Gasteiger partial charge >= 0.3 is 0 Å². The standard InChI is InChI=1S/C18H26N2O/c1-14(2)19-11-9-18(16-7-5-4-6-8-16)10-12-20(15(3)21)17(18)13-19/h4-8,14,17H,9-13H2,1-3H3/t17-,18+/m0/s1. The van der Waals surface area contributed by atoms with Crippen molar-refractivity contribution in [2.24, 2.45) is 0 Å². The molecule has 2 saturated heterocycles. The van der Waals surface area contributed by atoms with Gasteiger partial charge in [-0.15, -0.1) is 0 Å². The predicted molar refractivity (Wildman–Crippen MR) is 85.2 cm³/mol. The molecule has 21 heavy (non-hydrogen) atoms. The van der Waals surface area contributed by atoms with Gasteiger partial charge in [0, 0.05) is 31.5 Å². The molecule has 0 N–H and O–H groups in total. The monoisotopic (exact) mass is 286 g/mol. The van der Waals surface area contributed by atoms with E-state index in [1.165, 1.54) is 5.56 Å². The van der Waals surface area contributed by atoms with Crippen LogP contribution in [0.15, 0.2) is 30.3 Å². The van der Waals surface area contributed by atoms with E-state index in [-0.39, 0.29) is 11.3 Å². The van der Waals surface area contributed by atoms with Gasteiger partial charge in [-0.2, -0.15) is 0 Å². The summed E-state index contributed by atoms with van der Waals surface area (Å²) in [5.74, 6) is 0.225. The van der Waals surface area contributed by atoms with Crippen LogP contribution in [0.3, 0.4) is 0 Å². The SMILES string of the molecule is CC(=O)N1CC[C@@]2(c3ccccc3)CCN(C(C)C)C[C@H]12. The third kappa shape index (κ3) is 2.38. The molecule has 3 heteroatoms. The molecular formula is C18H26N2O. The van der Waals surface area contributed by atoms with E-state index in [2.05, 4.69) is 54.0 Å². The van der Waals surface area contributed by atoms with Gasteiger partial charge in [-0.1, -0.05) is 30.3 Å². The molecule has 2 fully saturated rings. The predicted octanol–water partition coefficient (Wildman–Crippen LogP) is 2.66. The second-order valence-electron chi connectivity index (χ2n) is 6.84. The van der Waals surface area contributed by atoms with Crippen molar-refractivity contribution in [3.63, 3.8) is 0 Å². The van der Waals surface area contributed by atoms with Crippen molar-refractivity contribution in [3.05, 3.63) is 35.9 Å². The van der Waals surface area contributed by atoms with E-state index >= 15 is 0 Å². The fourth-order valence-electron chi connectivity index (χ4n) is 4.26. The molecule has 3 nitrogen and oxygen atoms in total. The fourth-order valence-corrected chi connectivity index (χ4v) is 4.26. The Morgan fingerprint density at radius 2 is 1.86 bits per heavy atom. The van der Waals surface area contributed by atoms with Gasteiger partial charge in [0.25, 0.3) is 0 Å². The van der Waals surface area contributed by atoms with Crippen LogP contribution in [0, 0.1) is 0 Å². The molecule has 0 saturated carbocycles. The zero-order valence-corrected chi connectivity index (χ0v) is 13.4. The van der Waals surface area contributed by atoms with Gasteiger partial charge in [-0.05, 0) is 38.8 Å². The molecule has 0 spiro atoms.